The number of hydrogen-bond donors (Lipinski definition) is 3. The number of benzene rings is 4. The Balaban J connectivity index is 1.88. The third kappa shape index (κ3) is 6.50. The van der Waals surface area contributed by atoms with Crippen LogP contribution in [0.2, 0.25) is 0 Å². The number of carbonyl (C=O) groups excluding carboxylic acids is 2. The Morgan fingerprint density at radius 2 is 0.894 bits per heavy atom. The number of amides is 2. The highest BCUT2D eigenvalue weighted by atomic mass is 16.3. The standard InChI is InChI=1S/C41H48N2O4/c1-29(2)27-35(40(46,31-17-9-5-10-18-31)32-19-11-6-12-20-32)43(38(45)39(25-26-39)37(42)44)36(28-30(3)4)41(47,33-21-13-7-14-22-33)34-23-15-8-16-24-34/h5-24,29-30,35-36,46-47H,25-28H2,1-4H3,(H2,42,44)/t35-,36-/m1/s1. The van der Waals surface area contributed by atoms with Crippen LogP contribution in [0.15, 0.2) is 121 Å². The molecule has 6 heteroatoms. The summed E-state index contributed by atoms with van der Waals surface area (Å²) in [7, 11) is 0. The number of aliphatic hydroxyl groups is 2. The van der Waals surface area contributed by atoms with Crippen LogP contribution in [0.3, 0.4) is 0 Å². The Hall–Kier alpha value is -4.26. The van der Waals surface area contributed by atoms with Crippen molar-refractivity contribution in [2.24, 2.45) is 23.0 Å². The zero-order chi connectivity index (χ0) is 33.8. The zero-order valence-electron chi connectivity index (χ0n) is 27.9. The Morgan fingerprint density at radius 3 is 1.11 bits per heavy atom. The van der Waals surface area contributed by atoms with E-state index in [-0.39, 0.29) is 11.8 Å². The average molecular weight is 633 g/mol. The lowest BCUT2D eigenvalue weighted by Crippen LogP contribution is -2.65. The quantitative estimate of drug-likeness (QED) is 0.133. The van der Waals surface area contributed by atoms with Gasteiger partial charge in [-0.25, -0.2) is 0 Å². The van der Waals surface area contributed by atoms with E-state index in [1.807, 2.05) is 121 Å². The first kappa shape index (κ1) is 34.1. The average Bonchev–Trinajstić information content (AvgIpc) is 3.91. The Bertz CT molecular complexity index is 1440. The molecule has 2 amide bonds. The van der Waals surface area contributed by atoms with Crippen LogP contribution in [0.4, 0.5) is 0 Å². The molecule has 246 valence electrons. The first-order valence-corrected chi connectivity index (χ1v) is 16.8. The van der Waals surface area contributed by atoms with Gasteiger partial charge >= 0.3 is 0 Å². The number of nitrogens with zero attached hydrogens (tertiary/aromatic N) is 1. The molecule has 4 aromatic carbocycles. The second kappa shape index (κ2) is 13.8. The maximum atomic E-state index is 15.3. The minimum absolute atomic E-state index is 0.0271. The Labute approximate surface area is 279 Å². The molecule has 0 bridgehead atoms. The summed E-state index contributed by atoms with van der Waals surface area (Å²) in [6, 6.07) is 35.8. The molecule has 1 aliphatic carbocycles. The summed E-state index contributed by atoms with van der Waals surface area (Å²) >= 11 is 0. The number of carbonyl (C=O) groups is 2. The molecule has 1 saturated carbocycles. The van der Waals surface area contributed by atoms with Gasteiger partial charge in [-0.1, -0.05) is 149 Å². The SMILES string of the molecule is CC(C)C[C@@H](N(C(=O)C1(C(N)=O)CC1)[C@H](CC(C)C)C(O)(c1ccccc1)c1ccccc1)C(O)(c1ccccc1)c1ccccc1. The van der Waals surface area contributed by atoms with Crippen molar-refractivity contribution in [2.75, 3.05) is 0 Å². The van der Waals surface area contributed by atoms with Crippen LogP contribution in [0, 0.1) is 17.3 Å². The predicted molar refractivity (Wildman–Crippen MR) is 186 cm³/mol. The van der Waals surface area contributed by atoms with Crippen molar-refractivity contribution in [2.45, 2.75) is 76.7 Å². The maximum absolute atomic E-state index is 15.3. The third-order valence-electron chi connectivity index (χ3n) is 9.75. The van der Waals surface area contributed by atoms with E-state index in [1.54, 1.807) is 4.90 Å². The number of nitrogens with two attached hydrogens (primary N) is 1. The van der Waals surface area contributed by atoms with Gasteiger partial charge in [0.05, 0.1) is 12.1 Å². The minimum atomic E-state index is -1.71. The minimum Gasteiger partial charge on any atom is -0.378 e. The van der Waals surface area contributed by atoms with Gasteiger partial charge in [0.15, 0.2) is 0 Å². The van der Waals surface area contributed by atoms with Crippen molar-refractivity contribution < 1.29 is 19.8 Å². The predicted octanol–water partition coefficient (Wildman–Crippen LogP) is 6.78. The number of rotatable bonds is 14. The molecule has 0 radical (unpaired) electrons. The smallest absolute Gasteiger partial charge is 0.239 e. The van der Waals surface area contributed by atoms with E-state index in [9.17, 15) is 15.0 Å². The highest BCUT2D eigenvalue weighted by Gasteiger charge is 2.62. The summed E-state index contributed by atoms with van der Waals surface area (Å²) < 4.78 is 0. The largest absolute Gasteiger partial charge is 0.378 e. The Kier molecular flexibility index (Phi) is 10.0. The van der Waals surface area contributed by atoms with Gasteiger partial charge in [0.25, 0.3) is 0 Å². The fourth-order valence-corrected chi connectivity index (χ4v) is 7.17. The van der Waals surface area contributed by atoms with Crippen LogP contribution in [-0.2, 0) is 20.8 Å². The first-order valence-electron chi connectivity index (χ1n) is 16.8. The van der Waals surface area contributed by atoms with Crippen LogP contribution in [0.5, 0.6) is 0 Å². The lowest BCUT2D eigenvalue weighted by molar-refractivity contribution is -0.163. The zero-order valence-corrected chi connectivity index (χ0v) is 27.9. The molecular formula is C41H48N2O4. The molecule has 1 aliphatic rings. The Morgan fingerprint density at radius 1 is 0.617 bits per heavy atom. The van der Waals surface area contributed by atoms with Crippen molar-refractivity contribution in [1.29, 1.82) is 0 Å². The molecule has 2 atom stereocenters. The second-order valence-corrected chi connectivity index (χ2v) is 13.9. The molecule has 0 spiro atoms. The fraction of sp³-hybridized carbons (Fsp3) is 0.366. The van der Waals surface area contributed by atoms with E-state index in [4.69, 9.17) is 5.73 Å². The molecule has 5 rings (SSSR count). The molecule has 0 saturated heterocycles. The summed E-state index contributed by atoms with van der Waals surface area (Å²) in [6.07, 6.45) is 1.42. The molecular weight excluding hydrogens is 584 g/mol. The van der Waals surface area contributed by atoms with Crippen molar-refractivity contribution >= 4 is 11.8 Å². The van der Waals surface area contributed by atoms with Crippen molar-refractivity contribution in [3.63, 3.8) is 0 Å². The van der Waals surface area contributed by atoms with E-state index < -0.39 is 40.5 Å². The highest BCUT2D eigenvalue weighted by molar-refractivity contribution is 6.07. The summed E-state index contributed by atoms with van der Waals surface area (Å²) in [5.41, 5.74) is 3.66. The van der Waals surface area contributed by atoms with Crippen LogP contribution in [0.25, 0.3) is 0 Å². The van der Waals surface area contributed by atoms with Crippen molar-refractivity contribution in [1.82, 2.24) is 4.90 Å². The number of hydrogen-bond acceptors (Lipinski definition) is 4. The van der Waals surface area contributed by atoms with Crippen LogP contribution < -0.4 is 5.73 Å². The lowest BCUT2D eigenvalue weighted by Gasteiger charge is -2.53. The third-order valence-corrected chi connectivity index (χ3v) is 9.75. The summed E-state index contributed by atoms with van der Waals surface area (Å²) in [6.45, 7) is 8.24. The van der Waals surface area contributed by atoms with E-state index in [0.717, 1.165) is 0 Å². The van der Waals surface area contributed by atoms with Gasteiger partial charge in [0.1, 0.15) is 16.6 Å². The van der Waals surface area contributed by atoms with Gasteiger partial charge in [-0.05, 0) is 59.8 Å². The van der Waals surface area contributed by atoms with E-state index in [0.29, 0.717) is 47.9 Å². The molecule has 0 aliphatic heterocycles. The van der Waals surface area contributed by atoms with Gasteiger partial charge < -0.3 is 20.8 Å². The monoisotopic (exact) mass is 632 g/mol. The molecule has 4 aromatic rings. The fourth-order valence-electron chi connectivity index (χ4n) is 7.17. The highest BCUT2D eigenvalue weighted by Crippen LogP contribution is 2.52. The van der Waals surface area contributed by atoms with E-state index in [1.165, 1.54) is 0 Å². The van der Waals surface area contributed by atoms with Crippen LogP contribution >= 0.6 is 0 Å². The summed E-state index contributed by atoms with van der Waals surface area (Å²) in [5.74, 6) is -1.07. The maximum Gasteiger partial charge on any atom is 0.239 e. The van der Waals surface area contributed by atoms with Gasteiger partial charge in [-0.3, -0.25) is 9.59 Å². The normalized spacial score (nSPS) is 15.7. The van der Waals surface area contributed by atoms with Gasteiger partial charge in [-0.15, -0.1) is 0 Å². The lowest BCUT2D eigenvalue weighted by atomic mass is 9.71. The number of primary amides is 1. The second-order valence-electron chi connectivity index (χ2n) is 13.9. The van der Waals surface area contributed by atoms with Crippen LogP contribution in [0.1, 0.15) is 75.6 Å². The topological polar surface area (TPSA) is 104 Å². The van der Waals surface area contributed by atoms with Crippen LogP contribution in [-0.4, -0.2) is 39.0 Å². The van der Waals surface area contributed by atoms with E-state index >= 15 is 4.79 Å². The van der Waals surface area contributed by atoms with Crippen molar-refractivity contribution in [3.8, 4) is 0 Å². The molecule has 4 N–H and O–H groups in total. The van der Waals surface area contributed by atoms with Crippen molar-refractivity contribution in [3.05, 3.63) is 144 Å². The molecule has 0 unspecified atom stereocenters. The van der Waals surface area contributed by atoms with Gasteiger partial charge in [0, 0.05) is 0 Å². The molecule has 0 heterocycles. The molecule has 0 aromatic heterocycles. The first-order chi connectivity index (χ1) is 22.5. The van der Waals surface area contributed by atoms with Gasteiger partial charge in [0.2, 0.25) is 11.8 Å². The molecule has 47 heavy (non-hydrogen) atoms. The molecule has 6 nitrogen and oxygen atoms in total. The summed E-state index contributed by atoms with van der Waals surface area (Å²) in [4.78, 5) is 30.2. The summed E-state index contributed by atoms with van der Waals surface area (Å²) in [5, 5.41) is 26.8. The van der Waals surface area contributed by atoms with E-state index in [2.05, 4.69) is 27.7 Å². The van der Waals surface area contributed by atoms with Gasteiger partial charge in [-0.2, -0.15) is 0 Å². The molecule has 1 fully saturated rings.